The van der Waals surface area contributed by atoms with Crippen LogP contribution in [-0.2, 0) is 11.2 Å². The molecular weight excluding hydrogens is 500 g/mol. The summed E-state index contributed by atoms with van der Waals surface area (Å²) >= 11 is 3.42. The van der Waals surface area contributed by atoms with Crippen LogP contribution in [0.5, 0.6) is 0 Å². The molecule has 1 saturated heterocycles. The number of fused-ring (bicyclic) bond motifs is 3. The molecule has 4 heterocycles. The number of anilines is 2. The van der Waals surface area contributed by atoms with Crippen molar-refractivity contribution in [3.05, 3.63) is 52.9 Å². The summed E-state index contributed by atoms with van der Waals surface area (Å²) in [5, 5.41) is 27.5. The number of nitrogens with zero attached hydrogens (tertiary/aromatic N) is 4. The van der Waals surface area contributed by atoms with E-state index in [9.17, 15) is 10.2 Å². The van der Waals surface area contributed by atoms with E-state index in [0.29, 0.717) is 30.1 Å². The molecule has 0 unspecified atom stereocenters. The first-order valence-corrected chi connectivity index (χ1v) is 12.1. The van der Waals surface area contributed by atoms with Gasteiger partial charge in [-0.1, -0.05) is 12.1 Å². The van der Waals surface area contributed by atoms with Crippen LogP contribution in [0.3, 0.4) is 0 Å². The number of ether oxygens (including phenoxy) is 1. The summed E-state index contributed by atoms with van der Waals surface area (Å²) in [6, 6.07) is 9.98. The summed E-state index contributed by atoms with van der Waals surface area (Å²) in [6.45, 7) is 0. The molecule has 1 aliphatic heterocycles. The molecule has 0 spiro atoms. The third-order valence-electron chi connectivity index (χ3n) is 7.29. The van der Waals surface area contributed by atoms with Crippen molar-refractivity contribution in [2.75, 3.05) is 18.1 Å². The van der Waals surface area contributed by atoms with Crippen molar-refractivity contribution >= 4 is 49.5 Å². The largest absolute Gasteiger partial charge is 0.385 e. The van der Waals surface area contributed by atoms with Gasteiger partial charge < -0.3 is 30.6 Å². The topological polar surface area (TPSA) is 131 Å². The van der Waals surface area contributed by atoms with E-state index in [-0.39, 0.29) is 5.92 Å². The predicted octanol–water partition coefficient (Wildman–Crippen LogP) is 3.01. The van der Waals surface area contributed by atoms with Gasteiger partial charge in [0, 0.05) is 18.6 Å². The lowest BCUT2D eigenvalue weighted by Crippen LogP contribution is -2.45. The van der Waals surface area contributed by atoms with Gasteiger partial charge in [0.1, 0.15) is 35.3 Å². The fourth-order valence-corrected chi connectivity index (χ4v) is 5.90. The van der Waals surface area contributed by atoms with Crippen LogP contribution >= 0.6 is 15.9 Å². The van der Waals surface area contributed by atoms with E-state index < -0.39 is 24.0 Å². The maximum absolute atomic E-state index is 11.5. The number of aliphatic hydroxyl groups excluding tert-OH is 1. The summed E-state index contributed by atoms with van der Waals surface area (Å²) in [5.41, 5.74) is 7.23. The Morgan fingerprint density at radius 2 is 2.15 bits per heavy atom. The Balaban J connectivity index is 1.29. The number of hydrogen-bond acceptors (Lipinski definition) is 8. The second-order valence-electron chi connectivity index (χ2n) is 9.20. The monoisotopic (exact) mass is 524 g/mol. The molecule has 4 aromatic rings. The molecule has 3 aromatic heterocycles. The number of aromatic nitrogens is 4. The van der Waals surface area contributed by atoms with Gasteiger partial charge in [-0.2, -0.15) is 0 Å². The van der Waals surface area contributed by atoms with E-state index in [1.807, 2.05) is 30.5 Å². The molecule has 176 valence electrons. The van der Waals surface area contributed by atoms with Crippen LogP contribution in [0, 0.1) is 5.92 Å². The maximum Gasteiger partial charge on any atom is 0.164 e. The second-order valence-corrected chi connectivity index (χ2v) is 10.1. The minimum atomic E-state index is -1.31. The molecule has 9 nitrogen and oxygen atoms in total. The SMILES string of the molecule is CNc1ncnc2c1ccn2[C@@H]1O[C@@H]2[C@H](Cc3ccc4cc(Br)c(N)nc4c3)CC[C@]2(O)[C@H]1O. The zero-order valence-corrected chi connectivity index (χ0v) is 20.1. The van der Waals surface area contributed by atoms with Crippen molar-refractivity contribution in [1.82, 2.24) is 19.5 Å². The first kappa shape index (κ1) is 21.7. The second kappa shape index (κ2) is 7.88. The molecule has 34 heavy (non-hydrogen) atoms. The van der Waals surface area contributed by atoms with Crippen LogP contribution < -0.4 is 11.1 Å². The van der Waals surface area contributed by atoms with Crippen molar-refractivity contribution in [3.8, 4) is 0 Å². The van der Waals surface area contributed by atoms with Crippen molar-refractivity contribution < 1.29 is 14.9 Å². The predicted molar refractivity (Wildman–Crippen MR) is 132 cm³/mol. The van der Waals surface area contributed by atoms with Crippen molar-refractivity contribution in [3.63, 3.8) is 0 Å². The summed E-state index contributed by atoms with van der Waals surface area (Å²) in [5.74, 6) is 1.21. The first-order valence-electron chi connectivity index (χ1n) is 11.3. The summed E-state index contributed by atoms with van der Waals surface area (Å²) in [4.78, 5) is 13.1. The van der Waals surface area contributed by atoms with E-state index >= 15 is 0 Å². The Hall–Kier alpha value is -2.79. The Bertz CT molecular complexity index is 1410. The number of nitrogens with one attached hydrogen (secondary N) is 1. The van der Waals surface area contributed by atoms with E-state index in [1.54, 1.807) is 11.6 Å². The number of aliphatic hydroxyl groups is 2. The molecule has 10 heteroatoms. The van der Waals surface area contributed by atoms with Gasteiger partial charge in [-0.25, -0.2) is 15.0 Å². The normalized spacial score (nSPS) is 28.6. The molecule has 2 fully saturated rings. The van der Waals surface area contributed by atoms with Crippen molar-refractivity contribution in [1.29, 1.82) is 0 Å². The van der Waals surface area contributed by atoms with Crippen LogP contribution in [0.25, 0.3) is 21.9 Å². The highest BCUT2D eigenvalue weighted by atomic mass is 79.9. The smallest absolute Gasteiger partial charge is 0.164 e. The van der Waals surface area contributed by atoms with Gasteiger partial charge in [0.25, 0.3) is 0 Å². The third kappa shape index (κ3) is 3.20. The van der Waals surface area contributed by atoms with Crippen molar-refractivity contribution in [2.45, 2.75) is 43.3 Å². The van der Waals surface area contributed by atoms with Gasteiger partial charge >= 0.3 is 0 Å². The highest BCUT2D eigenvalue weighted by Crippen LogP contribution is 2.50. The molecule has 1 aromatic carbocycles. The van der Waals surface area contributed by atoms with E-state index in [2.05, 4.69) is 42.3 Å². The van der Waals surface area contributed by atoms with E-state index in [0.717, 1.165) is 32.7 Å². The minimum absolute atomic E-state index is 0.0548. The molecule has 1 aliphatic carbocycles. The lowest BCUT2D eigenvalue weighted by molar-refractivity contribution is -0.0675. The molecule has 2 aliphatic rings. The van der Waals surface area contributed by atoms with Crippen LogP contribution in [0.4, 0.5) is 11.6 Å². The molecule has 5 atom stereocenters. The van der Waals surface area contributed by atoms with Crippen LogP contribution in [0.1, 0.15) is 24.6 Å². The fraction of sp³-hybridized carbons (Fsp3) is 0.375. The van der Waals surface area contributed by atoms with Crippen molar-refractivity contribution in [2.24, 2.45) is 5.92 Å². The van der Waals surface area contributed by atoms with Gasteiger partial charge in [0.2, 0.25) is 0 Å². The third-order valence-corrected chi connectivity index (χ3v) is 7.92. The maximum atomic E-state index is 11.5. The highest BCUT2D eigenvalue weighted by molar-refractivity contribution is 9.10. The Morgan fingerprint density at radius 3 is 2.97 bits per heavy atom. The van der Waals surface area contributed by atoms with Gasteiger partial charge in [-0.3, -0.25) is 0 Å². The zero-order chi connectivity index (χ0) is 23.6. The number of pyridine rings is 1. The van der Waals surface area contributed by atoms with Crippen LogP contribution in [0.2, 0.25) is 0 Å². The van der Waals surface area contributed by atoms with Gasteiger partial charge in [0.15, 0.2) is 6.23 Å². The molecule has 6 rings (SSSR count). The summed E-state index contributed by atoms with van der Waals surface area (Å²) in [6.07, 6.45) is 2.95. The number of nitrogen functional groups attached to an aromatic ring is 1. The lowest BCUT2D eigenvalue weighted by Gasteiger charge is -2.26. The average Bonchev–Trinajstić information content (AvgIpc) is 3.47. The Kier molecular flexibility index (Phi) is 5.03. The summed E-state index contributed by atoms with van der Waals surface area (Å²) in [7, 11) is 1.80. The highest BCUT2D eigenvalue weighted by Gasteiger charge is 2.61. The Morgan fingerprint density at radius 1 is 1.29 bits per heavy atom. The van der Waals surface area contributed by atoms with Crippen LogP contribution in [0.15, 0.2) is 47.3 Å². The van der Waals surface area contributed by atoms with Gasteiger partial charge in [-0.05, 0) is 64.9 Å². The Labute approximate surface area is 204 Å². The number of rotatable bonds is 4. The summed E-state index contributed by atoms with van der Waals surface area (Å²) < 4.78 is 8.94. The van der Waals surface area contributed by atoms with Gasteiger partial charge in [0.05, 0.1) is 21.5 Å². The molecule has 5 N–H and O–H groups in total. The van der Waals surface area contributed by atoms with Gasteiger partial charge in [-0.15, -0.1) is 0 Å². The molecule has 1 saturated carbocycles. The zero-order valence-electron chi connectivity index (χ0n) is 18.5. The quantitative estimate of drug-likeness (QED) is 0.320. The standard InChI is InChI=1S/C24H25BrN6O3/c1-27-21-15-5-7-31(22(15)29-11-28-21)23-18(32)24(33)6-4-14(19(24)34-23)8-12-2-3-13-10-16(25)20(26)30-17(13)9-12/h2-3,5,7,9-11,14,18-19,23,32-33H,4,6,8H2,1H3,(H2,26,30)(H,27,28,29)/t14-,18-,19+,23+,24-/m0/s1. The fourth-order valence-electron chi connectivity index (χ4n) is 5.57. The lowest BCUT2D eigenvalue weighted by atomic mass is 9.90. The number of nitrogens with two attached hydrogens (primary N) is 1. The van der Waals surface area contributed by atoms with Crippen LogP contribution in [-0.4, -0.2) is 54.6 Å². The number of benzene rings is 1. The molecule has 0 radical (unpaired) electrons. The molecule has 0 bridgehead atoms. The molecular formula is C24H25BrN6O3. The van der Waals surface area contributed by atoms with E-state index in [4.69, 9.17) is 10.5 Å². The average molecular weight is 525 g/mol. The molecule has 0 amide bonds. The number of hydrogen-bond donors (Lipinski definition) is 4. The number of halogens is 1. The first-order chi connectivity index (χ1) is 16.4. The minimum Gasteiger partial charge on any atom is -0.385 e. The van der Waals surface area contributed by atoms with E-state index in [1.165, 1.54) is 6.33 Å².